The van der Waals surface area contributed by atoms with E-state index in [0.717, 1.165) is 11.7 Å². The minimum atomic E-state index is 0.471. The Bertz CT molecular complexity index is 353. The van der Waals surface area contributed by atoms with E-state index in [0.29, 0.717) is 11.7 Å². The lowest BCUT2D eigenvalue weighted by atomic mass is 10.3. The lowest BCUT2D eigenvalue weighted by Gasteiger charge is -2.02. The SMILES string of the molecule is CC1CC1Nc1cccc(C#N)n1. The molecule has 0 aromatic carbocycles. The van der Waals surface area contributed by atoms with Crippen LogP contribution in [-0.2, 0) is 0 Å². The van der Waals surface area contributed by atoms with Crippen molar-refractivity contribution in [3.63, 3.8) is 0 Å². The van der Waals surface area contributed by atoms with Gasteiger partial charge in [-0.25, -0.2) is 4.98 Å². The maximum atomic E-state index is 8.62. The molecule has 1 fully saturated rings. The summed E-state index contributed by atoms with van der Waals surface area (Å²) in [5, 5.41) is 11.9. The molecule has 1 aliphatic rings. The van der Waals surface area contributed by atoms with E-state index in [2.05, 4.69) is 17.2 Å². The summed E-state index contributed by atoms with van der Waals surface area (Å²) in [4.78, 5) is 4.13. The number of anilines is 1. The zero-order valence-electron chi connectivity index (χ0n) is 7.49. The Labute approximate surface area is 77.4 Å². The van der Waals surface area contributed by atoms with Crippen LogP contribution < -0.4 is 5.32 Å². The third-order valence-electron chi connectivity index (χ3n) is 2.31. The number of rotatable bonds is 2. The number of aromatic nitrogens is 1. The van der Waals surface area contributed by atoms with Gasteiger partial charge in [0.2, 0.25) is 0 Å². The number of hydrogen-bond donors (Lipinski definition) is 1. The fraction of sp³-hybridized carbons (Fsp3) is 0.400. The minimum absolute atomic E-state index is 0.471. The largest absolute Gasteiger partial charge is 0.367 e. The van der Waals surface area contributed by atoms with E-state index in [1.54, 1.807) is 6.07 Å². The molecule has 3 nitrogen and oxygen atoms in total. The van der Waals surface area contributed by atoms with Crippen LogP contribution in [0.5, 0.6) is 0 Å². The van der Waals surface area contributed by atoms with Gasteiger partial charge in [-0.1, -0.05) is 13.0 Å². The first kappa shape index (κ1) is 8.06. The Morgan fingerprint density at radius 3 is 3.00 bits per heavy atom. The average molecular weight is 173 g/mol. The van der Waals surface area contributed by atoms with E-state index < -0.39 is 0 Å². The highest BCUT2D eigenvalue weighted by molar-refractivity contribution is 5.40. The van der Waals surface area contributed by atoms with Gasteiger partial charge >= 0.3 is 0 Å². The van der Waals surface area contributed by atoms with Gasteiger partial charge in [0.1, 0.15) is 17.6 Å². The molecule has 0 saturated heterocycles. The molecule has 66 valence electrons. The summed E-state index contributed by atoms with van der Waals surface area (Å²) in [5.41, 5.74) is 0.471. The van der Waals surface area contributed by atoms with E-state index in [-0.39, 0.29) is 0 Å². The number of nitriles is 1. The van der Waals surface area contributed by atoms with Crippen LogP contribution in [0, 0.1) is 17.2 Å². The molecule has 3 heteroatoms. The van der Waals surface area contributed by atoms with Gasteiger partial charge in [-0.3, -0.25) is 0 Å². The Balaban J connectivity index is 2.08. The highest BCUT2D eigenvalue weighted by atomic mass is 15.0. The van der Waals surface area contributed by atoms with Gasteiger partial charge in [0.15, 0.2) is 0 Å². The molecular formula is C10H11N3. The first-order chi connectivity index (χ1) is 6.29. The predicted molar refractivity (Wildman–Crippen MR) is 50.1 cm³/mol. The van der Waals surface area contributed by atoms with Gasteiger partial charge in [0, 0.05) is 6.04 Å². The van der Waals surface area contributed by atoms with E-state index in [1.165, 1.54) is 6.42 Å². The first-order valence-electron chi connectivity index (χ1n) is 4.43. The third kappa shape index (κ3) is 1.78. The van der Waals surface area contributed by atoms with Crippen LogP contribution in [0.25, 0.3) is 0 Å². The lowest BCUT2D eigenvalue weighted by molar-refractivity contribution is 0.923. The maximum Gasteiger partial charge on any atom is 0.142 e. The van der Waals surface area contributed by atoms with Crippen molar-refractivity contribution in [2.45, 2.75) is 19.4 Å². The Morgan fingerprint density at radius 2 is 2.38 bits per heavy atom. The average Bonchev–Trinajstić information content (AvgIpc) is 2.82. The van der Waals surface area contributed by atoms with Crippen molar-refractivity contribution < 1.29 is 0 Å². The fourth-order valence-corrected chi connectivity index (χ4v) is 1.29. The van der Waals surface area contributed by atoms with Crippen LogP contribution in [-0.4, -0.2) is 11.0 Å². The van der Waals surface area contributed by atoms with E-state index in [4.69, 9.17) is 5.26 Å². The number of nitrogens with zero attached hydrogens (tertiary/aromatic N) is 2. The van der Waals surface area contributed by atoms with Crippen LogP contribution in [0.15, 0.2) is 18.2 Å². The first-order valence-corrected chi connectivity index (χ1v) is 4.43. The van der Waals surface area contributed by atoms with E-state index in [9.17, 15) is 0 Å². The van der Waals surface area contributed by atoms with Crippen molar-refractivity contribution >= 4 is 5.82 Å². The maximum absolute atomic E-state index is 8.62. The summed E-state index contributed by atoms with van der Waals surface area (Å²) >= 11 is 0. The summed E-state index contributed by atoms with van der Waals surface area (Å²) in [7, 11) is 0. The molecule has 1 saturated carbocycles. The van der Waals surface area contributed by atoms with Crippen LogP contribution in [0.3, 0.4) is 0 Å². The normalized spacial score (nSPS) is 24.9. The predicted octanol–water partition coefficient (Wildman–Crippen LogP) is 1.77. The van der Waals surface area contributed by atoms with Gasteiger partial charge in [-0.05, 0) is 24.5 Å². The zero-order chi connectivity index (χ0) is 9.26. The van der Waals surface area contributed by atoms with Crippen LogP contribution in [0.2, 0.25) is 0 Å². The van der Waals surface area contributed by atoms with Crippen LogP contribution >= 0.6 is 0 Å². The van der Waals surface area contributed by atoms with Crippen molar-refractivity contribution in [3.05, 3.63) is 23.9 Å². The Kier molecular flexibility index (Phi) is 1.90. The monoisotopic (exact) mass is 173 g/mol. The number of hydrogen-bond acceptors (Lipinski definition) is 3. The van der Waals surface area contributed by atoms with Crippen molar-refractivity contribution in [1.82, 2.24) is 4.98 Å². The molecule has 0 bridgehead atoms. The molecule has 0 radical (unpaired) electrons. The molecule has 0 amide bonds. The van der Waals surface area contributed by atoms with Crippen LogP contribution in [0.1, 0.15) is 19.0 Å². The molecule has 2 atom stereocenters. The summed E-state index contributed by atoms with van der Waals surface area (Å²) in [5.74, 6) is 1.56. The molecule has 1 aliphatic carbocycles. The van der Waals surface area contributed by atoms with Gasteiger partial charge in [0.05, 0.1) is 0 Å². The summed E-state index contributed by atoms with van der Waals surface area (Å²) in [6, 6.07) is 8.03. The molecule has 2 rings (SSSR count). The number of pyridine rings is 1. The second-order valence-corrected chi connectivity index (χ2v) is 3.48. The third-order valence-corrected chi connectivity index (χ3v) is 2.31. The molecule has 0 spiro atoms. The molecule has 1 heterocycles. The van der Waals surface area contributed by atoms with Crippen molar-refractivity contribution in [1.29, 1.82) is 5.26 Å². The van der Waals surface area contributed by atoms with Gasteiger partial charge in [0.25, 0.3) is 0 Å². The van der Waals surface area contributed by atoms with Gasteiger partial charge in [-0.15, -0.1) is 0 Å². The lowest BCUT2D eigenvalue weighted by Crippen LogP contribution is -2.05. The van der Waals surface area contributed by atoms with Crippen molar-refractivity contribution in [2.24, 2.45) is 5.92 Å². The number of nitrogens with one attached hydrogen (secondary N) is 1. The van der Waals surface area contributed by atoms with E-state index in [1.807, 2.05) is 18.2 Å². The summed E-state index contributed by atoms with van der Waals surface area (Å²) in [6.07, 6.45) is 1.21. The minimum Gasteiger partial charge on any atom is -0.367 e. The fourth-order valence-electron chi connectivity index (χ4n) is 1.29. The van der Waals surface area contributed by atoms with Crippen molar-refractivity contribution in [2.75, 3.05) is 5.32 Å². The Morgan fingerprint density at radius 1 is 1.62 bits per heavy atom. The highest BCUT2D eigenvalue weighted by Crippen LogP contribution is 2.31. The van der Waals surface area contributed by atoms with Crippen molar-refractivity contribution in [3.8, 4) is 6.07 Å². The zero-order valence-corrected chi connectivity index (χ0v) is 7.49. The quantitative estimate of drug-likeness (QED) is 0.741. The molecule has 0 aliphatic heterocycles. The van der Waals surface area contributed by atoms with Crippen LogP contribution in [0.4, 0.5) is 5.82 Å². The smallest absolute Gasteiger partial charge is 0.142 e. The molecule has 1 aromatic heterocycles. The van der Waals surface area contributed by atoms with Gasteiger partial charge in [-0.2, -0.15) is 5.26 Å². The van der Waals surface area contributed by atoms with Gasteiger partial charge < -0.3 is 5.32 Å². The standard InChI is InChI=1S/C10H11N3/c1-7-5-9(7)13-10-4-2-3-8(6-11)12-10/h2-4,7,9H,5H2,1H3,(H,12,13). The summed E-state index contributed by atoms with van der Waals surface area (Å²) < 4.78 is 0. The summed E-state index contributed by atoms with van der Waals surface area (Å²) in [6.45, 7) is 2.20. The molecular weight excluding hydrogens is 162 g/mol. The second-order valence-electron chi connectivity index (χ2n) is 3.48. The molecule has 1 aromatic rings. The molecule has 1 N–H and O–H groups in total. The highest BCUT2D eigenvalue weighted by Gasteiger charge is 2.32. The second kappa shape index (κ2) is 3.06. The topological polar surface area (TPSA) is 48.7 Å². The van der Waals surface area contributed by atoms with E-state index >= 15 is 0 Å². The Hall–Kier alpha value is -1.56. The molecule has 2 unspecified atom stereocenters. The molecule has 13 heavy (non-hydrogen) atoms.